The smallest absolute Gasteiger partial charge is 0.250 e. The van der Waals surface area contributed by atoms with Crippen LogP contribution in [0, 0.1) is 11.3 Å². The van der Waals surface area contributed by atoms with Gasteiger partial charge in [-0.05, 0) is 74.6 Å². The van der Waals surface area contributed by atoms with Gasteiger partial charge >= 0.3 is 0 Å². The van der Waals surface area contributed by atoms with Crippen LogP contribution in [0.25, 0.3) is 11.1 Å². The summed E-state index contributed by atoms with van der Waals surface area (Å²) in [5.74, 6) is 0.830. The number of nitrogens with zero attached hydrogens (tertiary/aromatic N) is 4. The summed E-state index contributed by atoms with van der Waals surface area (Å²) in [6.07, 6.45) is 14.9. The van der Waals surface area contributed by atoms with Crippen molar-refractivity contribution in [3.8, 4) is 16.9 Å². The van der Waals surface area contributed by atoms with E-state index in [0.717, 1.165) is 54.9 Å². The van der Waals surface area contributed by atoms with Crippen molar-refractivity contribution < 1.29 is 9.53 Å². The third-order valence-electron chi connectivity index (χ3n) is 8.79. The first-order valence-corrected chi connectivity index (χ1v) is 16.5. The molecule has 48 heavy (non-hydrogen) atoms. The number of pyridine rings is 2. The minimum absolute atomic E-state index is 0.0178. The van der Waals surface area contributed by atoms with Crippen LogP contribution >= 0.6 is 0 Å². The lowest BCUT2D eigenvalue weighted by Gasteiger charge is -2.39. The molecule has 2 aliphatic carbocycles. The normalized spacial score (nSPS) is 16.5. The van der Waals surface area contributed by atoms with Gasteiger partial charge in [-0.15, -0.1) is 0 Å². The number of allylic oxidation sites excluding steroid dienone is 2. The molecule has 11 nitrogen and oxygen atoms in total. The molecule has 0 spiro atoms. The summed E-state index contributed by atoms with van der Waals surface area (Å²) in [7, 11) is 3.56. The summed E-state index contributed by atoms with van der Waals surface area (Å²) < 4.78 is 5.80. The van der Waals surface area contributed by atoms with E-state index in [4.69, 9.17) is 26.6 Å². The molecule has 3 fully saturated rings. The minimum Gasteiger partial charge on any atom is -0.494 e. The number of aliphatic imine (C=N–C) groups is 1. The van der Waals surface area contributed by atoms with Crippen LogP contribution in [-0.4, -0.2) is 59.6 Å². The maximum absolute atomic E-state index is 12.0. The van der Waals surface area contributed by atoms with Gasteiger partial charge in [-0.3, -0.25) is 19.7 Å². The molecule has 6 rings (SSSR count). The molecule has 252 valence electrons. The molecular weight excluding hydrogens is 602 g/mol. The Bertz CT molecular complexity index is 1680. The quantitative estimate of drug-likeness (QED) is 0.132. The molecule has 1 aliphatic heterocycles. The van der Waals surface area contributed by atoms with Crippen molar-refractivity contribution >= 4 is 23.1 Å². The molecular formula is C37H47N9O2. The monoisotopic (exact) mass is 649 g/mol. The number of nitrogens with one attached hydrogen (secondary N) is 3. The van der Waals surface area contributed by atoms with Crippen LogP contribution in [0.3, 0.4) is 0 Å². The Hall–Kier alpha value is -4.87. The molecule has 1 amide bonds. The zero-order valence-electron chi connectivity index (χ0n) is 28.1. The highest BCUT2D eigenvalue weighted by Gasteiger charge is 2.30. The number of ether oxygens (including phenoxy) is 1. The van der Waals surface area contributed by atoms with Crippen LogP contribution in [0.2, 0.25) is 0 Å². The second-order valence-corrected chi connectivity index (χ2v) is 12.5. The summed E-state index contributed by atoms with van der Waals surface area (Å²) in [6.45, 7) is 4.87. The fourth-order valence-corrected chi connectivity index (χ4v) is 5.65. The predicted octanol–water partition coefficient (Wildman–Crippen LogP) is 5.11. The Morgan fingerprint density at radius 3 is 2.52 bits per heavy atom. The first-order chi connectivity index (χ1) is 23.3. The van der Waals surface area contributed by atoms with Crippen molar-refractivity contribution in [2.45, 2.75) is 58.0 Å². The highest BCUT2D eigenvalue weighted by atomic mass is 16.5. The third-order valence-corrected chi connectivity index (χ3v) is 8.79. The summed E-state index contributed by atoms with van der Waals surface area (Å²) in [5, 5.41) is 14.5. The molecule has 1 saturated heterocycles. The van der Waals surface area contributed by atoms with Gasteiger partial charge in [0.1, 0.15) is 11.6 Å². The molecule has 2 saturated carbocycles. The average Bonchev–Trinajstić information content (AvgIpc) is 3.90. The first-order valence-electron chi connectivity index (χ1n) is 16.5. The van der Waals surface area contributed by atoms with Gasteiger partial charge < -0.3 is 32.2 Å². The number of amides is 1. The number of aromatic nitrogens is 2. The predicted molar refractivity (Wildman–Crippen MR) is 192 cm³/mol. The number of likely N-dealkylation sites (tertiary alicyclic amines) is 1. The zero-order valence-corrected chi connectivity index (χ0v) is 28.1. The van der Waals surface area contributed by atoms with Crippen LogP contribution < -0.4 is 26.8 Å². The van der Waals surface area contributed by atoms with Crippen LogP contribution in [0.4, 0.5) is 5.69 Å². The van der Waals surface area contributed by atoms with Gasteiger partial charge in [-0.1, -0.05) is 23.8 Å². The minimum atomic E-state index is -0.208. The fourth-order valence-electron chi connectivity index (χ4n) is 5.65. The van der Waals surface area contributed by atoms with E-state index in [2.05, 4.69) is 43.8 Å². The molecule has 2 aromatic heterocycles. The Morgan fingerprint density at radius 2 is 1.94 bits per heavy atom. The molecule has 0 radical (unpaired) electrons. The van der Waals surface area contributed by atoms with Crippen molar-refractivity contribution in [1.82, 2.24) is 20.2 Å². The van der Waals surface area contributed by atoms with E-state index in [0.29, 0.717) is 29.6 Å². The lowest BCUT2D eigenvalue weighted by Crippen LogP contribution is -2.44. The van der Waals surface area contributed by atoms with Crippen molar-refractivity contribution in [3.05, 3.63) is 95.4 Å². The summed E-state index contributed by atoms with van der Waals surface area (Å²) >= 11 is 0. The van der Waals surface area contributed by atoms with Gasteiger partial charge in [-0.2, -0.15) is 4.99 Å². The second kappa shape index (κ2) is 16.3. The molecule has 11 heteroatoms. The Balaban J connectivity index is 0.000000572. The number of carbonyl (C=O) groups excluding carboxylic acids is 1. The van der Waals surface area contributed by atoms with Gasteiger partial charge in [0.25, 0.3) is 5.91 Å². The number of hydrogen-bond donors (Lipinski definition) is 5. The number of para-hydroxylation sites is 1. The van der Waals surface area contributed by atoms with Crippen LogP contribution in [0.15, 0.2) is 83.5 Å². The van der Waals surface area contributed by atoms with E-state index in [-0.39, 0.29) is 23.4 Å². The number of benzene rings is 1. The number of hydrogen-bond acceptors (Lipinski definition) is 9. The largest absolute Gasteiger partial charge is 0.494 e. The Morgan fingerprint density at radius 1 is 1.15 bits per heavy atom. The van der Waals surface area contributed by atoms with E-state index in [1.807, 2.05) is 43.7 Å². The van der Waals surface area contributed by atoms with Crippen LogP contribution in [0.5, 0.6) is 5.75 Å². The number of carbonyl (C=O) groups is 1. The average molecular weight is 650 g/mol. The molecule has 1 aromatic carbocycles. The van der Waals surface area contributed by atoms with Crippen LogP contribution in [-0.2, 0) is 17.9 Å². The summed E-state index contributed by atoms with van der Waals surface area (Å²) in [4.78, 5) is 27.4. The number of nitrogens with two attached hydrogens (primary N) is 2. The van der Waals surface area contributed by atoms with E-state index in [1.165, 1.54) is 30.9 Å². The van der Waals surface area contributed by atoms with Gasteiger partial charge in [0.15, 0.2) is 0 Å². The van der Waals surface area contributed by atoms with E-state index >= 15 is 0 Å². The van der Waals surface area contributed by atoms with Crippen molar-refractivity contribution in [2.24, 2.45) is 22.4 Å². The third kappa shape index (κ3) is 8.93. The number of anilines is 1. The summed E-state index contributed by atoms with van der Waals surface area (Å²) in [5.41, 5.74) is 19.9. The van der Waals surface area contributed by atoms with Gasteiger partial charge in [0, 0.05) is 86.5 Å². The van der Waals surface area contributed by atoms with Crippen molar-refractivity contribution in [1.29, 1.82) is 5.41 Å². The first kappa shape index (κ1) is 34.5. The highest BCUT2D eigenvalue weighted by molar-refractivity contribution is 6.08. The highest BCUT2D eigenvalue weighted by Crippen LogP contribution is 2.38. The SMILES string of the molecule is CNC=C1CCC1.COc1c(N/C(=C/C(N)=NC(=O)C2CC2)C(C)=N)cccc1-c1ccc(C2CN(Cc3cnccc3CN)C2)nc1. The molecule has 3 aliphatic rings. The molecule has 3 aromatic rings. The van der Waals surface area contributed by atoms with E-state index in [9.17, 15) is 4.79 Å². The zero-order chi connectivity index (χ0) is 34.0. The van der Waals surface area contributed by atoms with Gasteiger partial charge in [-0.25, -0.2) is 0 Å². The Kier molecular flexibility index (Phi) is 11.7. The van der Waals surface area contributed by atoms with Gasteiger partial charge in [0.05, 0.1) is 24.2 Å². The molecule has 0 unspecified atom stereocenters. The van der Waals surface area contributed by atoms with Crippen LogP contribution in [0.1, 0.15) is 61.8 Å². The maximum atomic E-state index is 12.0. The lowest BCUT2D eigenvalue weighted by molar-refractivity contribution is -0.118. The molecule has 0 bridgehead atoms. The molecule has 3 heterocycles. The molecule has 7 N–H and O–H groups in total. The molecule has 0 atom stereocenters. The topological polar surface area (TPSA) is 168 Å². The maximum Gasteiger partial charge on any atom is 0.250 e. The summed E-state index contributed by atoms with van der Waals surface area (Å²) in [6, 6.07) is 11.9. The number of amidine groups is 1. The van der Waals surface area contributed by atoms with E-state index < -0.39 is 0 Å². The Labute approximate surface area is 283 Å². The van der Waals surface area contributed by atoms with Crippen molar-refractivity contribution in [3.63, 3.8) is 0 Å². The van der Waals surface area contributed by atoms with Gasteiger partial charge in [0.2, 0.25) is 0 Å². The number of rotatable bonds is 12. The standard InChI is InChI=1S/C31H36N8O2.C6H11N/c1-19(33)28(12-29(34)38-31(40)20-6-7-20)37-27-5-3-4-25(30(27)41-2)22-8-9-26(36-15-22)24-17-39(18-24)16-23-14-35-11-10-21(23)13-32;1-7-5-6-3-2-4-6/h3-5,8-12,14-15,20,24,33,37H,6-7,13,16-18,32H2,1-2H3,(H2,34,38,40);5,7H,2-4H2,1H3/b28-12+,33-19?;. The van der Waals surface area contributed by atoms with E-state index in [1.54, 1.807) is 25.8 Å². The lowest BCUT2D eigenvalue weighted by atomic mass is 9.94. The second-order valence-electron chi connectivity index (χ2n) is 12.5. The van der Waals surface area contributed by atoms with Crippen molar-refractivity contribution in [2.75, 3.05) is 32.6 Å². The fraction of sp³-hybridized carbons (Fsp3) is 0.378. The number of methoxy groups -OCH3 is 1.